The van der Waals surface area contributed by atoms with E-state index in [2.05, 4.69) is 19.6 Å². The van der Waals surface area contributed by atoms with E-state index >= 15 is 0 Å². The maximum Gasteiger partial charge on any atom is -0.00979 e. The van der Waals surface area contributed by atoms with E-state index in [0.717, 1.165) is 5.75 Å². The molecule has 0 unspecified atom stereocenters. The predicted molar refractivity (Wildman–Crippen MR) is 163 cm³/mol. The van der Waals surface area contributed by atoms with Crippen LogP contribution in [0.5, 0.6) is 0 Å². The van der Waals surface area contributed by atoms with Gasteiger partial charge in [-0.1, -0.05) is 200 Å². The lowest BCUT2D eigenvalue weighted by Gasteiger charge is -2.04. The summed E-state index contributed by atoms with van der Waals surface area (Å²) in [4.78, 5) is 0. The van der Waals surface area contributed by atoms with E-state index in [1.54, 1.807) is 0 Å². The minimum absolute atomic E-state index is 1.07. The first-order valence-electron chi connectivity index (χ1n) is 16.5. The minimum Gasteiger partial charge on any atom is -0.179 e. The lowest BCUT2D eigenvalue weighted by atomic mass is 10.0. The summed E-state index contributed by atoms with van der Waals surface area (Å²) in [5.74, 6) is 1.07. The van der Waals surface area contributed by atoms with E-state index in [-0.39, 0.29) is 0 Å². The normalized spacial score (nSPS) is 11.5. The smallest absolute Gasteiger partial charge is 0.00979 e. The Morgan fingerprint density at radius 1 is 0.235 bits per heavy atom. The van der Waals surface area contributed by atoms with E-state index in [1.807, 2.05) is 0 Å². The van der Waals surface area contributed by atoms with E-state index in [4.69, 9.17) is 0 Å². The number of rotatable bonds is 31. The second-order valence-electron chi connectivity index (χ2n) is 11.3. The van der Waals surface area contributed by atoms with Gasteiger partial charge in [-0.2, -0.15) is 12.6 Å². The van der Waals surface area contributed by atoms with Gasteiger partial charge in [-0.15, -0.1) is 0 Å². The molecule has 0 nitrogen and oxygen atoms in total. The summed E-state index contributed by atoms with van der Waals surface area (Å²) in [5, 5.41) is 0. The van der Waals surface area contributed by atoms with Crippen molar-refractivity contribution in [3.63, 3.8) is 0 Å². The van der Waals surface area contributed by atoms with Crippen molar-refractivity contribution in [3.8, 4) is 0 Å². The molecule has 0 rings (SSSR count). The van der Waals surface area contributed by atoms with Crippen molar-refractivity contribution in [3.05, 3.63) is 0 Å². The molecule has 0 amide bonds. The summed E-state index contributed by atoms with van der Waals surface area (Å²) in [6, 6.07) is 0. The molecule has 0 bridgehead atoms. The van der Waals surface area contributed by atoms with Crippen LogP contribution in [0.15, 0.2) is 0 Å². The van der Waals surface area contributed by atoms with Gasteiger partial charge >= 0.3 is 0 Å². The Bertz CT molecular complexity index is 295. The standard InChI is InChI=1S/C33H68S/c1-2-3-4-5-6-7-8-9-10-11-12-13-14-15-16-17-18-19-20-21-22-23-24-25-26-27-28-29-30-31-32-33-34/h34H,2-33H2,1H3. The lowest BCUT2D eigenvalue weighted by molar-refractivity contribution is 0.513. The highest BCUT2D eigenvalue weighted by Crippen LogP contribution is 2.16. The lowest BCUT2D eigenvalue weighted by Crippen LogP contribution is -1.85. The third-order valence-electron chi connectivity index (χ3n) is 7.76. The van der Waals surface area contributed by atoms with Crippen LogP contribution in [0.25, 0.3) is 0 Å². The average Bonchev–Trinajstić information content (AvgIpc) is 2.85. The molecule has 0 saturated heterocycles. The van der Waals surface area contributed by atoms with Crippen molar-refractivity contribution in [2.75, 3.05) is 5.75 Å². The van der Waals surface area contributed by atoms with Gasteiger partial charge in [0.25, 0.3) is 0 Å². The van der Waals surface area contributed by atoms with Gasteiger partial charge in [-0.3, -0.25) is 0 Å². The van der Waals surface area contributed by atoms with Gasteiger partial charge in [0.15, 0.2) is 0 Å². The van der Waals surface area contributed by atoms with Crippen LogP contribution in [0, 0.1) is 0 Å². The van der Waals surface area contributed by atoms with Crippen molar-refractivity contribution >= 4 is 12.6 Å². The fourth-order valence-electron chi connectivity index (χ4n) is 5.31. The molecule has 0 fully saturated rings. The van der Waals surface area contributed by atoms with Gasteiger partial charge in [0.1, 0.15) is 0 Å². The molecule has 0 aliphatic rings. The quantitative estimate of drug-likeness (QED) is 0.0715. The molecule has 0 atom stereocenters. The van der Waals surface area contributed by atoms with E-state index in [1.165, 1.54) is 199 Å². The van der Waals surface area contributed by atoms with Crippen LogP contribution in [0.2, 0.25) is 0 Å². The van der Waals surface area contributed by atoms with E-state index < -0.39 is 0 Å². The van der Waals surface area contributed by atoms with Gasteiger partial charge in [0.05, 0.1) is 0 Å². The van der Waals surface area contributed by atoms with Crippen LogP contribution in [0.3, 0.4) is 0 Å². The molecule has 0 spiro atoms. The molecule has 0 aliphatic heterocycles. The average molecular weight is 497 g/mol. The summed E-state index contributed by atoms with van der Waals surface area (Å²) in [5.41, 5.74) is 0. The molecular formula is C33H68S. The van der Waals surface area contributed by atoms with Crippen LogP contribution in [-0.4, -0.2) is 5.75 Å². The zero-order valence-corrected chi connectivity index (χ0v) is 25.0. The maximum absolute atomic E-state index is 4.28. The molecule has 0 radical (unpaired) electrons. The van der Waals surface area contributed by atoms with Crippen LogP contribution in [0.1, 0.15) is 206 Å². The summed E-state index contributed by atoms with van der Waals surface area (Å²) >= 11 is 4.28. The second kappa shape index (κ2) is 33.4. The highest BCUT2D eigenvalue weighted by atomic mass is 32.1. The summed E-state index contributed by atoms with van der Waals surface area (Å²) in [6.07, 6.45) is 45.6. The summed E-state index contributed by atoms with van der Waals surface area (Å²) in [6.45, 7) is 2.31. The first kappa shape index (κ1) is 34.4. The second-order valence-corrected chi connectivity index (χ2v) is 11.8. The molecule has 0 aromatic heterocycles. The number of thiol groups is 1. The van der Waals surface area contributed by atoms with E-state index in [0.29, 0.717) is 0 Å². The Labute approximate surface area is 224 Å². The van der Waals surface area contributed by atoms with Crippen LogP contribution < -0.4 is 0 Å². The van der Waals surface area contributed by atoms with Gasteiger partial charge in [0, 0.05) is 0 Å². The Morgan fingerprint density at radius 3 is 0.529 bits per heavy atom. The Kier molecular flexibility index (Phi) is 33.7. The van der Waals surface area contributed by atoms with Crippen LogP contribution >= 0.6 is 12.6 Å². The predicted octanol–water partition coefficient (Wildman–Crippen LogP) is 13.0. The fourth-order valence-corrected chi connectivity index (χ4v) is 5.54. The SMILES string of the molecule is CCCCCCCCCCCCCCCCCCCCCCCCCCCCCCCCCS. The molecule has 0 heterocycles. The van der Waals surface area contributed by atoms with Crippen LogP contribution in [0.4, 0.5) is 0 Å². The van der Waals surface area contributed by atoms with Crippen molar-refractivity contribution < 1.29 is 0 Å². The zero-order valence-electron chi connectivity index (χ0n) is 24.1. The molecule has 206 valence electrons. The number of hydrogen-bond donors (Lipinski definition) is 1. The molecule has 0 aromatic rings. The topological polar surface area (TPSA) is 0 Å². The van der Waals surface area contributed by atoms with Crippen molar-refractivity contribution in [2.45, 2.75) is 206 Å². The van der Waals surface area contributed by atoms with Gasteiger partial charge in [-0.25, -0.2) is 0 Å². The zero-order chi connectivity index (χ0) is 24.6. The molecule has 0 aliphatic carbocycles. The first-order valence-corrected chi connectivity index (χ1v) is 17.2. The fraction of sp³-hybridized carbons (Fsp3) is 1.00. The number of unbranched alkanes of at least 4 members (excludes halogenated alkanes) is 30. The third-order valence-corrected chi connectivity index (χ3v) is 8.08. The molecule has 34 heavy (non-hydrogen) atoms. The molecular weight excluding hydrogens is 428 g/mol. The van der Waals surface area contributed by atoms with Gasteiger partial charge in [-0.05, 0) is 12.2 Å². The van der Waals surface area contributed by atoms with Crippen molar-refractivity contribution in [1.82, 2.24) is 0 Å². The van der Waals surface area contributed by atoms with Gasteiger partial charge in [0.2, 0.25) is 0 Å². The molecule has 0 N–H and O–H groups in total. The van der Waals surface area contributed by atoms with Crippen molar-refractivity contribution in [1.29, 1.82) is 0 Å². The molecule has 0 saturated carbocycles. The van der Waals surface area contributed by atoms with Gasteiger partial charge < -0.3 is 0 Å². The minimum atomic E-state index is 1.07. The molecule has 1 heteroatoms. The first-order chi connectivity index (χ1) is 16.9. The third kappa shape index (κ3) is 32.4. The molecule has 0 aromatic carbocycles. The number of hydrogen-bond acceptors (Lipinski definition) is 1. The summed E-state index contributed by atoms with van der Waals surface area (Å²) in [7, 11) is 0. The largest absolute Gasteiger partial charge is 0.179 e. The summed E-state index contributed by atoms with van der Waals surface area (Å²) < 4.78 is 0. The Hall–Kier alpha value is 0.350. The van der Waals surface area contributed by atoms with E-state index in [9.17, 15) is 0 Å². The van der Waals surface area contributed by atoms with Crippen molar-refractivity contribution in [2.24, 2.45) is 0 Å². The monoisotopic (exact) mass is 497 g/mol. The Balaban J connectivity index is 2.99. The van der Waals surface area contributed by atoms with Crippen LogP contribution in [-0.2, 0) is 0 Å². The Morgan fingerprint density at radius 2 is 0.382 bits per heavy atom. The highest BCUT2D eigenvalue weighted by molar-refractivity contribution is 7.80. The highest BCUT2D eigenvalue weighted by Gasteiger charge is 1.97. The maximum atomic E-state index is 4.28.